The SMILES string of the molecule is O=C(Nc1ccc(Br)nc1)NC1CCC(O)CC1. The number of aliphatic hydroxyl groups excluding tert-OH is 1. The Morgan fingerprint density at radius 2 is 2.06 bits per heavy atom. The number of nitrogens with one attached hydrogen (secondary N) is 2. The van der Waals surface area contributed by atoms with E-state index in [0.717, 1.165) is 30.3 Å². The molecule has 2 amide bonds. The molecule has 1 aliphatic rings. The molecule has 0 radical (unpaired) electrons. The summed E-state index contributed by atoms with van der Waals surface area (Å²) in [5, 5.41) is 15.0. The highest BCUT2D eigenvalue weighted by atomic mass is 79.9. The first-order valence-electron chi connectivity index (χ1n) is 6.00. The number of amides is 2. The molecule has 0 aliphatic heterocycles. The second kappa shape index (κ2) is 6.15. The summed E-state index contributed by atoms with van der Waals surface area (Å²) in [6, 6.07) is 3.48. The fourth-order valence-corrected chi connectivity index (χ4v) is 2.26. The van der Waals surface area contributed by atoms with E-state index in [-0.39, 0.29) is 18.2 Å². The number of rotatable bonds is 2. The highest BCUT2D eigenvalue weighted by Gasteiger charge is 2.20. The minimum absolute atomic E-state index is 0.150. The molecule has 1 aromatic rings. The van der Waals surface area contributed by atoms with Crippen molar-refractivity contribution in [3.8, 4) is 0 Å². The predicted octanol–water partition coefficient (Wildman–Crippen LogP) is 2.27. The third kappa shape index (κ3) is 3.96. The number of anilines is 1. The van der Waals surface area contributed by atoms with Crippen LogP contribution in [0.5, 0.6) is 0 Å². The van der Waals surface area contributed by atoms with E-state index in [2.05, 4.69) is 31.5 Å². The number of carbonyl (C=O) groups is 1. The van der Waals surface area contributed by atoms with Gasteiger partial charge in [-0.2, -0.15) is 0 Å². The number of carbonyl (C=O) groups excluding carboxylic acids is 1. The van der Waals surface area contributed by atoms with E-state index < -0.39 is 0 Å². The van der Waals surface area contributed by atoms with Crippen LogP contribution in [-0.4, -0.2) is 28.3 Å². The first kappa shape index (κ1) is 13.3. The minimum Gasteiger partial charge on any atom is -0.393 e. The lowest BCUT2D eigenvalue weighted by Gasteiger charge is -2.26. The zero-order valence-electron chi connectivity index (χ0n) is 9.90. The van der Waals surface area contributed by atoms with Crippen molar-refractivity contribution in [2.75, 3.05) is 5.32 Å². The lowest BCUT2D eigenvalue weighted by molar-refractivity contribution is 0.118. The van der Waals surface area contributed by atoms with Crippen molar-refractivity contribution >= 4 is 27.6 Å². The standard InChI is InChI=1S/C12H16BrN3O2/c13-11-6-3-9(7-14-11)16-12(18)15-8-1-4-10(17)5-2-8/h3,6-8,10,17H,1-2,4-5H2,(H2,15,16,18). The highest BCUT2D eigenvalue weighted by molar-refractivity contribution is 9.10. The molecule has 1 fully saturated rings. The van der Waals surface area contributed by atoms with Crippen LogP contribution in [0.15, 0.2) is 22.9 Å². The predicted molar refractivity (Wildman–Crippen MR) is 72.4 cm³/mol. The molecule has 1 aliphatic carbocycles. The summed E-state index contributed by atoms with van der Waals surface area (Å²) in [5.41, 5.74) is 0.659. The highest BCUT2D eigenvalue weighted by Crippen LogP contribution is 2.18. The molecule has 0 saturated heterocycles. The molecule has 18 heavy (non-hydrogen) atoms. The number of halogens is 1. The summed E-state index contributed by atoms with van der Waals surface area (Å²) in [7, 11) is 0. The van der Waals surface area contributed by atoms with Crippen LogP contribution >= 0.6 is 15.9 Å². The summed E-state index contributed by atoms with van der Waals surface area (Å²) < 4.78 is 0.731. The number of pyridine rings is 1. The molecule has 0 atom stereocenters. The van der Waals surface area contributed by atoms with Crippen LogP contribution in [0.4, 0.5) is 10.5 Å². The maximum atomic E-state index is 11.7. The van der Waals surface area contributed by atoms with Crippen LogP contribution in [-0.2, 0) is 0 Å². The lowest BCUT2D eigenvalue weighted by Crippen LogP contribution is -2.40. The molecule has 98 valence electrons. The Morgan fingerprint density at radius 1 is 1.33 bits per heavy atom. The lowest BCUT2D eigenvalue weighted by atomic mass is 9.93. The van der Waals surface area contributed by atoms with Gasteiger partial charge in [-0.05, 0) is 53.7 Å². The molecular weight excluding hydrogens is 298 g/mol. The molecule has 1 saturated carbocycles. The smallest absolute Gasteiger partial charge is 0.319 e. The first-order valence-corrected chi connectivity index (χ1v) is 6.80. The van der Waals surface area contributed by atoms with Crippen LogP contribution < -0.4 is 10.6 Å². The zero-order valence-corrected chi connectivity index (χ0v) is 11.5. The molecule has 6 heteroatoms. The molecule has 0 aromatic carbocycles. The van der Waals surface area contributed by atoms with Crippen molar-refractivity contribution in [1.82, 2.24) is 10.3 Å². The third-order valence-electron chi connectivity index (χ3n) is 3.02. The number of hydrogen-bond acceptors (Lipinski definition) is 3. The van der Waals surface area contributed by atoms with Gasteiger partial charge in [-0.1, -0.05) is 0 Å². The summed E-state index contributed by atoms with van der Waals surface area (Å²) in [6.45, 7) is 0. The first-order chi connectivity index (χ1) is 8.63. The number of hydrogen-bond donors (Lipinski definition) is 3. The van der Waals surface area contributed by atoms with Crippen LogP contribution in [0.1, 0.15) is 25.7 Å². The van der Waals surface area contributed by atoms with Gasteiger partial charge in [-0.25, -0.2) is 9.78 Å². The Morgan fingerprint density at radius 3 is 2.67 bits per heavy atom. The summed E-state index contributed by atoms with van der Waals surface area (Å²) in [4.78, 5) is 15.8. The maximum absolute atomic E-state index is 11.7. The van der Waals surface area contributed by atoms with E-state index in [1.807, 2.05) is 0 Å². The molecule has 2 rings (SSSR count). The summed E-state index contributed by atoms with van der Waals surface area (Å²) in [5.74, 6) is 0. The second-order valence-corrected chi connectivity index (χ2v) is 5.29. The van der Waals surface area contributed by atoms with Gasteiger partial charge < -0.3 is 15.7 Å². The van der Waals surface area contributed by atoms with Gasteiger partial charge in [-0.3, -0.25) is 0 Å². The summed E-state index contributed by atoms with van der Waals surface area (Å²) in [6.07, 6.45) is 4.55. The molecule has 1 heterocycles. The quantitative estimate of drug-likeness (QED) is 0.733. The van der Waals surface area contributed by atoms with Crippen LogP contribution in [0.3, 0.4) is 0 Å². The van der Waals surface area contributed by atoms with E-state index >= 15 is 0 Å². The zero-order chi connectivity index (χ0) is 13.0. The van der Waals surface area contributed by atoms with Gasteiger partial charge in [0.1, 0.15) is 4.60 Å². The van der Waals surface area contributed by atoms with Crippen molar-refractivity contribution in [1.29, 1.82) is 0 Å². The van der Waals surface area contributed by atoms with E-state index in [9.17, 15) is 9.90 Å². The minimum atomic E-state index is -0.222. The van der Waals surface area contributed by atoms with Gasteiger partial charge in [0.05, 0.1) is 18.0 Å². The maximum Gasteiger partial charge on any atom is 0.319 e. The van der Waals surface area contributed by atoms with Crippen LogP contribution in [0, 0.1) is 0 Å². The van der Waals surface area contributed by atoms with Crippen molar-refractivity contribution in [2.45, 2.75) is 37.8 Å². The number of aliphatic hydroxyl groups is 1. The van der Waals surface area contributed by atoms with Crippen LogP contribution in [0.25, 0.3) is 0 Å². The van der Waals surface area contributed by atoms with Gasteiger partial charge in [0.25, 0.3) is 0 Å². The van der Waals surface area contributed by atoms with Gasteiger partial charge in [0.2, 0.25) is 0 Å². The Hall–Kier alpha value is -1.14. The second-order valence-electron chi connectivity index (χ2n) is 4.47. The van der Waals surface area contributed by atoms with Gasteiger partial charge in [0.15, 0.2) is 0 Å². The largest absolute Gasteiger partial charge is 0.393 e. The molecule has 0 unspecified atom stereocenters. The Labute approximate surface area is 114 Å². The molecular formula is C12H16BrN3O2. The fourth-order valence-electron chi connectivity index (χ4n) is 2.02. The van der Waals surface area contributed by atoms with E-state index in [1.165, 1.54) is 0 Å². The number of urea groups is 1. The molecule has 3 N–H and O–H groups in total. The van der Waals surface area contributed by atoms with E-state index in [1.54, 1.807) is 18.3 Å². The molecule has 0 bridgehead atoms. The van der Waals surface area contributed by atoms with Gasteiger partial charge >= 0.3 is 6.03 Å². The molecule has 0 spiro atoms. The Bertz CT molecular complexity index is 402. The van der Waals surface area contributed by atoms with Gasteiger partial charge in [0, 0.05) is 6.04 Å². The van der Waals surface area contributed by atoms with Crippen molar-refractivity contribution in [3.05, 3.63) is 22.9 Å². The topological polar surface area (TPSA) is 74.2 Å². The van der Waals surface area contributed by atoms with E-state index in [0.29, 0.717) is 5.69 Å². The number of nitrogens with zero attached hydrogens (tertiary/aromatic N) is 1. The third-order valence-corrected chi connectivity index (χ3v) is 3.49. The van der Waals surface area contributed by atoms with E-state index in [4.69, 9.17) is 0 Å². The Balaban J connectivity index is 1.80. The average molecular weight is 314 g/mol. The fraction of sp³-hybridized carbons (Fsp3) is 0.500. The van der Waals surface area contributed by atoms with Crippen molar-refractivity contribution < 1.29 is 9.90 Å². The van der Waals surface area contributed by atoms with Crippen molar-refractivity contribution in [2.24, 2.45) is 0 Å². The Kier molecular flexibility index (Phi) is 4.54. The molecule has 1 aromatic heterocycles. The average Bonchev–Trinajstić information content (AvgIpc) is 2.35. The van der Waals surface area contributed by atoms with Gasteiger partial charge in [-0.15, -0.1) is 0 Å². The summed E-state index contributed by atoms with van der Waals surface area (Å²) >= 11 is 3.23. The normalized spacial score (nSPS) is 23.4. The molecule has 5 nitrogen and oxygen atoms in total. The van der Waals surface area contributed by atoms with Crippen LogP contribution in [0.2, 0.25) is 0 Å². The monoisotopic (exact) mass is 313 g/mol. The number of aromatic nitrogens is 1. The van der Waals surface area contributed by atoms with Crippen molar-refractivity contribution in [3.63, 3.8) is 0 Å².